The molecule has 340 valence electrons. The Morgan fingerprint density at radius 3 is 1.41 bits per heavy atom. The average molecular weight is 848 g/mol. The maximum atomic E-state index is 12.7. The fourth-order valence-electron chi connectivity index (χ4n) is 5.89. The van der Waals surface area contributed by atoms with Crippen LogP contribution in [0.3, 0.4) is 0 Å². The summed E-state index contributed by atoms with van der Waals surface area (Å²) < 4.78 is 33.5. The second kappa shape index (κ2) is 43.5. The van der Waals surface area contributed by atoms with Crippen molar-refractivity contribution in [2.75, 3.05) is 40.5 Å². The Morgan fingerprint density at radius 2 is 0.932 bits per heavy atom. The van der Waals surface area contributed by atoms with Gasteiger partial charge >= 0.3 is 19.8 Å². The first-order valence-corrected chi connectivity index (χ1v) is 24.7. The number of phosphoric acid groups is 1. The monoisotopic (exact) mass is 848 g/mol. The summed E-state index contributed by atoms with van der Waals surface area (Å²) in [5.74, 6) is -0.877. The van der Waals surface area contributed by atoms with Crippen molar-refractivity contribution < 1.29 is 37.6 Å². The highest BCUT2D eigenvalue weighted by atomic mass is 31.2. The minimum absolute atomic E-state index is 0.00667. The molecule has 2 atom stereocenters. The highest BCUT2D eigenvalue weighted by Crippen LogP contribution is 2.43. The van der Waals surface area contributed by atoms with E-state index >= 15 is 0 Å². The van der Waals surface area contributed by atoms with Gasteiger partial charge in [0.15, 0.2) is 6.10 Å². The van der Waals surface area contributed by atoms with Gasteiger partial charge in [-0.1, -0.05) is 157 Å². The number of hydrogen-bond acceptors (Lipinski definition) is 8. The molecule has 0 radical (unpaired) electrons. The van der Waals surface area contributed by atoms with Crippen molar-refractivity contribution in [3.05, 3.63) is 72.9 Å². The molecule has 0 aromatic rings. The van der Waals surface area contributed by atoms with E-state index in [1.807, 2.05) is 25.1 Å². The lowest BCUT2D eigenvalue weighted by molar-refractivity contribution is -0.161. The third-order valence-corrected chi connectivity index (χ3v) is 10.5. The van der Waals surface area contributed by atoms with Gasteiger partial charge in [-0.15, -0.1) is 0 Å². The first kappa shape index (κ1) is 56.5. The molecular formula is C49H86NO8P. The van der Waals surface area contributed by atoms with Gasteiger partial charge in [0, 0.05) is 19.4 Å². The van der Waals surface area contributed by atoms with E-state index in [1.165, 1.54) is 83.5 Å². The largest absolute Gasteiger partial charge is 0.472 e. The maximum Gasteiger partial charge on any atom is 0.472 e. The van der Waals surface area contributed by atoms with E-state index in [2.05, 4.69) is 80.7 Å². The van der Waals surface area contributed by atoms with Crippen LogP contribution in [0.4, 0.5) is 0 Å². The molecule has 0 aliphatic rings. The molecule has 0 aliphatic carbocycles. The molecule has 0 aromatic carbocycles. The Labute approximate surface area is 361 Å². The van der Waals surface area contributed by atoms with Gasteiger partial charge in [-0.2, -0.15) is 0 Å². The average Bonchev–Trinajstić information content (AvgIpc) is 3.20. The molecule has 0 saturated heterocycles. The summed E-state index contributed by atoms with van der Waals surface area (Å²) in [5.41, 5.74) is 0. The second-order valence-electron chi connectivity index (χ2n) is 15.6. The fraction of sp³-hybridized carbons (Fsp3) is 0.714. The van der Waals surface area contributed by atoms with Gasteiger partial charge < -0.3 is 19.3 Å². The summed E-state index contributed by atoms with van der Waals surface area (Å²) in [6.45, 7) is 4.20. The number of rotatable bonds is 42. The summed E-state index contributed by atoms with van der Waals surface area (Å²) >= 11 is 0. The quantitative estimate of drug-likeness (QED) is 0.0278. The van der Waals surface area contributed by atoms with Crippen LogP contribution in [-0.2, 0) is 32.7 Å². The van der Waals surface area contributed by atoms with Crippen molar-refractivity contribution >= 4 is 19.8 Å². The number of phosphoric ester groups is 1. The predicted octanol–water partition coefficient (Wildman–Crippen LogP) is 13.7. The molecule has 1 N–H and O–H groups in total. The minimum atomic E-state index is -4.38. The summed E-state index contributed by atoms with van der Waals surface area (Å²) in [4.78, 5) is 37.1. The lowest BCUT2D eigenvalue weighted by atomic mass is 10.1. The normalized spacial score (nSPS) is 14.0. The summed E-state index contributed by atoms with van der Waals surface area (Å²) in [6.07, 6.45) is 52.4. The molecular weight excluding hydrogens is 762 g/mol. The van der Waals surface area contributed by atoms with Crippen molar-refractivity contribution in [2.24, 2.45) is 0 Å². The van der Waals surface area contributed by atoms with Gasteiger partial charge in [0.1, 0.15) is 6.61 Å². The van der Waals surface area contributed by atoms with E-state index in [0.717, 1.165) is 57.8 Å². The summed E-state index contributed by atoms with van der Waals surface area (Å²) in [5, 5.41) is 0. The number of ether oxygens (including phenoxy) is 2. The maximum absolute atomic E-state index is 12.7. The van der Waals surface area contributed by atoms with Crippen LogP contribution in [0.5, 0.6) is 0 Å². The van der Waals surface area contributed by atoms with E-state index in [4.69, 9.17) is 18.5 Å². The predicted molar refractivity (Wildman–Crippen MR) is 247 cm³/mol. The zero-order chi connectivity index (χ0) is 43.3. The van der Waals surface area contributed by atoms with Crippen molar-refractivity contribution in [1.29, 1.82) is 0 Å². The van der Waals surface area contributed by atoms with E-state index in [9.17, 15) is 19.0 Å². The number of allylic oxidation sites excluding steroid dienone is 12. The van der Waals surface area contributed by atoms with E-state index < -0.39 is 32.5 Å². The number of carbonyl (C=O) groups is 2. The van der Waals surface area contributed by atoms with E-state index in [-0.39, 0.29) is 26.1 Å². The second-order valence-corrected chi connectivity index (χ2v) is 17.0. The van der Waals surface area contributed by atoms with Gasteiger partial charge in [-0.3, -0.25) is 18.6 Å². The number of nitrogens with zero attached hydrogens (tertiary/aromatic N) is 1. The van der Waals surface area contributed by atoms with Crippen LogP contribution in [0.25, 0.3) is 0 Å². The topological polar surface area (TPSA) is 112 Å². The van der Waals surface area contributed by atoms with Crippen LogP contribution in [0.2, 0.25) is 0 Å². The van der Waals surface area contributed by atoms with Crippen LogP contribution >= 0.6 is 7.82 Å². The lowest BCUT2D eigenvalue weighted by Crippen LogP contribution is -2.29. The van der Waals surface area contributed by atoms with Gasteiger partial charge in [-0.25, -0.2) is 4.57 Å². The van der Waals surface area contributed by atoms with E-state index in [0.29, 0.717) is 19.4 Å². The van der Waals surface area contributed by atoms with Crippen molar-refractivity contribution in [1.82, 2.24) is 4.90 Å². The SMILES string of the molecule is CCCCC/C=C\C/C=C\C/C=C\C/C=C\CCCC(=O)OC(COC(=O)CCCCCCCCCCC/C=C\C/C=C\CCCCC)COP(=O)(O)OCCN(C)C. The molecule has 0 spiro atoms. The van der Waals surface area contributed by atoms with Crippen LogP contribution in [0, 0.1) is 0 Å². The number of unbranched alkanes of at least 4 members (excludes halogenated alkanes) is 16. The number of esters is 2. The molecule has 0 bridgehead atoms. The molecule has 9 nitrogen and oxygen atoms in total. The number of carbonyl (C=O) groups excluding carboxylic acids is 2. The Hall–Kier alpha value is -2.55. The van der Waals surface area contributed by atoms with Gasteiger partial charge in [0.05, 0.1) is 13.2 Å². The third-order valence-electron chi connectivity index (χ3n) is 9.49. The third kappa shape index (κ3) is 44.8. The standard InChI is InChI=1S/C49H86NO8P/c1-5-7-9-11-13-15-17-19-21-23-24-26-27-29-31-33-35-37-39-41-48(51)55-45-47(46-57-59(53,54)56-44-43-50(3)4)58-49(52)42-40-38-36-34-32-30-28-25-22-20-18-16-14-12-10-8-6-2/h13-16,19-22,28,30,34,36,47H,5-12,17-18,23-27,29,31-33,35,37-46H2,1-4H3,(H,53,54)/b15-13-,16-14-,21-19-,22-20-,30-28-,36-34-. The van der Waals surface area contributed by atoms with Crippen molar-refractivity contribution in [3.8, 4) is 0 Å². The molecule has 59 heavy (non-hydrogen) atoms. The molecule has 0 fully saturated rings. The number of likely N-dealkylation sites (N-methyl/N-ethyl adjacent to an activating group) is 1. The molecule has 0 amide bonds. The molecule has 2 unspecified atom stereocenters. The fourth-order valence-corrected chi connectivity index (χ4v) is 6.63. The molecule has 10 heteroatoms. The summed E-state index contributed by atoms with van der Waals surface area (Å²) in [7, 11) is -0.749. The number of hydrogen-bond donors (Lipinski definition) is 1. The first-order valence-electron chi connectivity index (χ1n) is 23.2. The Morgan fingerprint density at radius 1 is 0.525 bits per heavy atom. The molecule has 0 aromatic heterocycles. The van der Waals surface area contributed by atoms with Crippen LogP contribution < -0.4 is 0 Å². The van der Waals surface area contributed by atoms with Crippen molar-refractivity contribution in [3.63, 3.8) is 0 Å². The smallest absolute Gasteiger partial charge is 0.462 e. The summed E-state index contributed by atoms with van der Waals surface area (Å²) in [6, 6.07) is 0. The molecule has 0 heterocycles. The Kier molecular flexibility index (Phi) is 41.7. The molecule has 0 saturated carbocycles. The zero-order valence-electron chi connectivity index (χ0n) is 37.9. The van der Waals surface area contributed by atoms with Gasteiger partial charge in [-0.05, 0) is 97.6 Å². The minimum Gasteiger partial charge on any atom is -0.462 e. The van der Waals surface area contributed by atoms with Crippen LogP contribution in [0.15, 0.2) is 72.9 Å². The van der Waals surface area contributed by atoms with Gasteiger partial charge in [0.2, 0.25) is 0 Å². The zero-order valence-corrected chi connectivity index (χ0v) is 38.8. The highest BCUT2D eigenvalue weighted by Gasteiger charge is 2.26. The Bertz CT molecular complexity index is 1210. The van der Waals surface area contributed by atoms with Crippen LogP contribution in [-0.4, -0.2) is 68.3 Å². The first-order chi connectivity index (χ1) is 28.7. The molecule has 0 aliphatic heterocycles. The van der Waals surface area contributed by atoms with Crippen LogP contribution in [0.1, 0.15) is 181 Å². The van der Waals surface area contributed by atoms with Gasteiger partial charge in [0.25, 0.3) is 0 Å². The highest BCUT2D eigenvalue weighted by molar-refractivity contribution is 7.47. The molecule has 0 rings (SSSR count). The van der Waals surface area contributed by atoms with Crippen molar-refractivity contribution in [2.45, 2.75) is 187 Å². The van der Waals surface area contributed by atoms with E-state index in [1.54, 1.807) is 0 Å². The lowest BCUT2D eigenvalue weighted by Gasteiger charge is -2.20. The Balaban J connectivity index is 4.35.